The third-order valence-corrected chi connectivity index (χ3v) is 8.59. The molecule has 0 aromatic rings. The number of rotatable bonds is 2. The van der Waals surface area contributed by atoms with Crippen LogP contribution in [-0.4, -0.2) is 12.6 Å². The highest BCUT2D eigenvalue weighted by atomic mass is 16.5. The molecule has 0 spiro atoms. The number of hydrogen-bond donors (Lipinski definition) is 0. The summed E-state index contributed by atoms with van der Waals surface area (Å²) in [6.07, 6.45) is 14.0. The van der Waals surface area contributed by atoms with Crippen LogP contribution in [0.3, 0.4) is 0 Å². The normalized spacial score (nSPS) is 47.2. The fourth-order valence-electron chi connectivity index (χ4n) is 7.36. The topological polar surface area (TPSA) is 26.3 Å². The van der Waals surface area contributed by atoms with Crippen LogP contribution in [0.15, 0.2) is 11.6 Å². The third-order valence-electron chi connectivity index (χ3n) is 8.59. The van der Waals surface area contributed by atoms with E-state index in [4.69, 9.17) is 4.74 Å². The summed E-state index contributed by atoms with van der Waals surface area (Å²) in [4.78, 5) is 13.0. The molecular weight excluding hydrogens is 296 g/mol. The lowest BCUT2D eigenvalue weighted by atomic mass is 9.47. The van der Waals surface area contributed by atoms with Crippen molar-refractivity contribution < 1.29 is 9.53 Å². The first-order chi connectivity index (χ1) is 11.5. The monoisotopic (exact) mass is 330 g/mol. The van der Waals surface area contributed by atoms with Gasteiger partial charge in [-0.1, -0.05) is 31.9 Å². The first kappa shape index (κ1) is 16.7. The minimum absolute atomic E-state index is 0.127. The van der Waals surface area contributed by atoms with Crippen LogP contribution in [0.4, 0.5) is 0 Å². The van der Waals surface area contributed by atoms with Crippen molar-refractivity contribution in [3.8, 4) is 0 Å². The van der Waals surface area contributed by atoms with Gasteiger partial charge in [0.05, 0.1) is 12.0 Å². The van der Waals surface area contributed by atoms with Crippen LogP contribution < -0.4 is 0 Å². The van der Waals surface area contributed by atoms with Crippen molar-refractivity contribution in [1.82, 2.24) is 0 Å². The van der Waals surface area contributed by atoms with Gasteiger partial charge in [-0.25, -0.2) is 0 Å². The number of ether oxygens (including phenoxy) is 1. The summed E-state index contributed by atoms with van der Waals surface area (Å²) in [6, 6.07) is 0. The summed E-state index contributed by atoms with van der Waals surface area (Å²) >= 11 is 0. The van der Waals surface area contributed by atoms with Gasteiger partial charge < -0.3 is 4.74 Å². The van der Waals surface area contributed by atoms with Crippen LogP contribution in [0.25, 0.3) is 0 Å². The van der Waals surface area contributed by atoms with E-state index in [0.29, 0.717) is 29.8 Å². The Labute approximate surface area is 147 Å². The minimum Gasteiger partial charge on any atom is -0.466 e. The molecule has 4 aliphatic carbocycles. The molecule has 24 heavy (non-hydrogen) atoms. The number of esters is 1. The van der Waals surface area contributed by atoms with Crippen LogP contribution >= 0.6 is 0 Å². The lowest BCUT2D eigenvalue weighted by molar-refractivity contribution is -0.169. The average molecular weight is 331 g/mol. The summed E-state index contributed by atoms with van der Waals surface area (Å²) < 4.78 is 5.61. The minimum atomic E-state index is -0.173. The van der Waals surface area contributed by atoms with Gasteiger partial charge >= 0.3 is 5.97 Å². The second-order valence-corrected chi connectivity index (χ2v) is 9.24. The molecule has 0 N–H and O–H groups in total. The van der Waals surface area contributed by atoms with E-state index in [0.717, 1.165) is 12.3 Å². The predicted octanol–water partition coefficient (Wildman–Crippen LogP) is 5.52. The number of fused-ring (bicyclic) bond motifs is 5. The molecule has 0 saturated heterocycles. The zero-order valence-electron chi connectivity index (χ0n) is 15.8. The summed E-state index contributed by atoms with van der Waals surface area (Å²) in [5, 5.41) is 0. The van der Waals surface area contributed by atoms with Gasteiger partial charge in [0.15, 0.2) is 0 Å². The molecule has 2 heteroatoms. The van der Waals surface area contributed by atoms with Crippen LogP contribution in [0.5, 0.6) is 0 Å². The van der Waals surface area contributed by atoms with E-state index in [1.54, 1.807) is 5.57 Å². The maximum Gasteiger partial charge on any atom is 0.312 e. The predicted molar refractivity (Wildman–Crippen MR) is 96.4 cm³/mol. The molecule has 0 unspecified atom stereocenters. The lowest BCUT2D eigenvalue weighted by Gasteiger charge is -2.57. The summed E-state index contributed by atoms with van der Waals surface area (Å²) in [6.45, 7) is 7.33. The first-order valence-corrected chi connectivity index (χ1v) is 10.4. The number of carbonyl (C=O) groups excluding carboxylic acids is 1. The van der Waals surface area contributed by atoms with Crippen molar-refractivity contribution in [3.05, 3.63) is 11.6 Å². The Kier molecular flexibility index (Phi) is 4.09. The van der Waals surface area contributed by atoms with Gasteiger partial charge in [-0.05, 0) is 87.4 Å². The highest BCUT2D eigenvalue weighted by Crippen LogP contribution is 2.66. The molecule has 6 atom stereocenters. The largest absolute Gasteiger partial charge is 0.466 e. The highest BCUT2D eigenvalue weighted by molar-refractivity contribution is 5.78. The second kappa shape index (κ2) is 5.88. The zero-order valence-corrected chi connectivity index (χ0v) is 15.8. The molecule has 0 bridgehead atoms. The first-order valence-electron chi connectivity index (χ1n) is 10.4. The van der Waals surface area contributed by atoms with Crippen LogP contribution in [0, 0.1) is 34.5 Å². The number of carbonyl (C=O) groups is 1. The van der Waals surface area contributed by atoms with Gasteiger partial charge in [-0.3, -0.25) is 4.79 Å². The van der Waals surface area contributed by atoms with Crippen molar-refractivity contribution in [2.75, 3.05) is 6.61 Å². The SMILES string of the molecule is CCOC(=O)[C@]12CC[C@H]3[C@@H](CC=C4CCCC[C@@]43C)[C@@H]1CC[C@H]2C. The Morgan fingerprint density at radius 1 is 1.21 bits per heavy atom. The second-order valence-electron chi connectivity index (χ2n) is 9.24. The van der Waals surface area contributed by atoms with Crippen molar-refractivity contribution >= 4 is 5.97 Å². The average Bonchev–Trinajstić information content (AvgIpc) is 2.93. The van der Waals surface area contributed by atoms with Crippen LogP contribution in [0.1, 0.15) is 78.6 Å². The van der Waals surface area contributed by atoms with Crippen molar-refractivity contribution in [1.29, 1.82) is 0 Å². The summed E-state index contributed by atoms with van der Waals surface area (Å²) in [5.41, 5.74) is 2.01. The summed E-state index contributed by atoms with van der Waals surface area (Å²) in [7, 11) is 0. The maximum atomic E-state index is 13.0. The maximum absolute atomic E-state index is 13.0. The molecule has 0 aromatic carbocycles. The molecule has 134 valence electrons. The number of hydrogen-bond acceptors (Lipinski definition) is 2. The smallest absolute Gasteiger partial charge is 0.312 e. The molecule has 0 heterocycles. The molecule has 2 nitrogen and oxygen atoms in total. The molecule has 3 saturated carbocycles. The number of allylic oxidation sites excluding steroid dienone is 2. The molecule has 0 amide bonds. The van der Waals surface area contributed by atoms with Crippen LogP contribution in [0.2, 0.25) is 0 Å². The van der Waals surface area contributed by atoms with Gasteiger partial charge in [-0.2, -0.15) is 0 Å². The van der Waals surface area contributed by atoms with E-state index in [1.165, 1.54) is 51.4 Å². The lowest BCUT2D eigenvalue weighted by Crippen LogP contribution is -2.53. The van der Waals surface area contributed by atoms with Crippen molar-refractivity contribution in [3.63, 3.8) is 0 Å². The zero-order chi connectivity index (χ0) is 16.9. The van der Waals surface area contributed by atoms with E-state index >= 15 is 0 Å². The third kappa shape index (κ3) is 2.10. The highest BCUT2D eigenvalue weighted by Gasteiger charge is 2.62. The Balaban J connectivity index is 1.69. The molecule has 0 aromatic heterocycles. The Morgan fingerprint density at radius 3 is 2.83 bits per heavy atom. The molecule has 4 aliphatic rings. The van der Waals surface area contributed by atoms with E-state index < -0.39 is 0 Å². The molecule has 3 fully saturated rings. The van der Waals surface area contributed by atoms with E-state index in [-0.39, 0.29) is 11.4 Å². The quantitative estimate of drug-likeness (QED) is 0.492. The van der Waals surface area contributed by atoms with Gasteiger partial charge in [0.25, 0.3) is 0 Å². The molecule has 4 rings (SSSR count). The molecule has 0 aliphatic heterocycles. The van der Waals surface area contributed by atoms with Gasteiger partial charge in [0, 0.05) is 0 Å². The molecular formula is C22H34O2. The fraction of sp³-hybridized carbons (Fsp3) is 0.864. The van der Waals surface area contributed by atoms with Crippen molar-refractivity contribution in [2.45, 2.75) is 78.6 Å². The van der Waals surface area contributed by atoms with E-state index in [2.05, 4.69) is 19.9 Å². The summed E-state index contributed by atoms with van der Waals surface area (Å²) in [5.74, 6) is 2.69. The Morgan fingerprint density at radius 2 is 2.04 bits per heavy atom. The Hall–Kier alpha value is -0.790. The van der Waals surface area contributed by atoms with E-state index in [9.17, 15) is 4.79 Å². The van der Waals surface area contributed by atoms with Crippen LogP contribution in [-0.2, 0) is 9.53 Å². The standard InChI is InChI=1S/C22H34O2/c1-4-24-20(23)22-14-12-18-17(19(22)11-8-15(22)2)10-9-16-7-5-6-13-21(16,18)3/h9,15,17-19H,4-8,10-14H2,1-3H3/t15-,17-,18+,19+,21+,22+/m1/s1. The Bertz CT molecular complexity index is 550. The fourth-order valence-corrected chi connectivity index (χ4v) is 7.36. The van der Waals surface area contributed by atoms with Crippen molar-refractivity contribution in [2.24, 2.45) is 34.5 Å². The van der Waals surface area contributed by atoms with Gasteiger partial charge in [0.2, 0.25) is 0 Å². The van der Waals surface area contributed by atoms with E-state index in [1.807, 2.05) is 6.92 Å². The van der Waals surface area contributed by atoms with Gasteiger partial charge in [-0.15, -0.1) is 0 Å². The molecule has 0 radical (unpaired) electrons. The van der Waals surface area contributed by atoms with Gasteiger partial charge in [0.1, 0.15) is 0 Å².